The number of ether oxygens (including phenoxy) is 1. The molecule has 0 bridgehead atoms. The Hall–Kier alpha value is -2.04. The van der Waals surface area contributed by atoms with E-state index in [0.29, 0.717) is 24.3 Å². The second kappa shape index (κ2) is 4.45. The number of likely N-dealkylation sites (tertiary alicyclic amines) is 1. The van der Waals surface area contributed by atoms with Crippen LogP contribution < -0.4 is 10.5 Å². The van der Waals surface area contributed by atoms with Crippen molar-refractivity contribution in [2.75, 3.05) is 13.6 Å². The molecule has 2 N–H and O–H groups in total. The Labute approximate surface area is 99.2 Å². The summed E-state index contributed by atoms with van der Waals surface area (Å²) in [6.07, 6.45) is 0.114. The lowest BCUT2D eigenvalue weighted by Gasteiger charge is -2.14. The van der Waals surface area contributed by atoms with Crippen molar-refractivity contribution in [1.82, 2.24) is 4.90 Å². The molecular weight excluding hydrogens is 220 g/mol. The molecule has 1 heterocycles. The molecule has 1 atom stereocenters. The highest BCUT2D eigenvalue weighted by Crippen LogP contribution is 2.22. The highest BCUT2D eigenvalue weighted by Gasteiger charge is 2.31. The SMILES string of the molecule is CN1CCC(Oc2ccccc2C(N)=O)C1=O. The molecule has 1 aliphatic heterocycles. The van der Waals surface area contributed by atoms with E-state index < -0.39 is 12.0 Å². The zero-order valence-electron chi connectivity index (χ0n) is 9.55. The normalized spacial score (nSPS) is 19.5. The Kier molecular flexibility index (Phi) is 2.99. The number of likely N-dealkylation sites (N-methyl/N-ethyl adjacent to an activating group) is 1. The summed E-state index contributed by atoms with van der Waals surface area (Å²) < 4.78 is 5.56. The number of hydrogen-bond donors (Lipinski definition) is 1. The summed E-state index contributed by atoms with van der Waals surface area (Å²) in [5, 5.41) is 0. The summed E-state index contributed by atoms with van der Waals surface area (Å²) in [5.74, 6) is -0.252. The molecule has 1 unspecified atom stereocenters. The molecule has 17 heavy (non-hydrogen) atoms. The van der Waals surface area contributed by atoms with Gasteiger partial charge >= 0.3 is 0 Å². The van der Waals surface area contributed by atoms with Crippen molar-refractivity contribution in [2.24, 2.45) is 5.73 Å². The number of nitrogens with two attached hydrogens (primary N) is 1. The van der Waals surface area contributed by atoms with Crippen LogP contribution in [0, 0.1) is 0 Å². The van der Waals surface area contributed by atoms with Crippen LogP contribution in [0.1, 0.15) is 16.8 Å². The summed E-state index contributed by atoms with van der Waals surface area (Å²) in [7, 11) is 1.73. The van der Waals surface area contributed by atoms with Gasteiger partial charge in [-0.15, -0.1) is 0 Å². The zero-order chi connectivity index (χ0) is 12.4. The maximum absolute atomic E-state index is 11.7. The van der Waals surface area contributed by atoms with E-state index in [-0.39, 0.29) is 5.91 Å². The van der Waals surface area contributed by atoms with E-state index in [1.807, 2.05) is 0 Å². The van der Waals surface area contributed by atoms with Gasteiger partial charge < -0.3 is 15.4 Å². The number of para-hydroxylation sites is 1. The summed E-state index contributed by atoms with van der Waals surface area (Å²) in [6, 6.07) is 6.67. The number of hydrogen-bond acceptors (Lipinski definition) is 3. The van der Waals surface area contributed by atoms with Gasteiger partial charge in [0, 0.05) is 20.0 Å². The zero-order valence-corrected chi connectivity index (χ0v) is 9.55. The number of carbonyl (C=O) groups is 2. The number of carbonyl (C=O) groups excluding carboxylic acids is 2. The van der Waals surface area contributed by atoms with Gasteiger partial charge in [0.15, 0.2) is 6.10 Å². The van der Waals surface area contributed by atoms with Gasteiger partial charge in [-0.3, -0.25) is 9.59 Å². The monoisotopic (exact) mass is 234 g/mol. The Morgan fingerprint density at radius 3 is 2.76 bits per heavy atom. The van der Waals surface area contributed by atoms with E-state index in [2.05, 4.69) is 0 Å². The summed E-state index contributed by atoms with van der Waals surface area (Å²) in [6.45, 7) is 0.669. The number of benzene rings is 1. The first-order valence-corrected chi connectivity index (χ1v) is 5.40. The van der Waals surface area contributed by atoms with Crippen molar-refractivity contribution in [2.45, 2.75) is 12.5 Å². The quantitative estimate of drug-likeness (QED) is 0.822. The fourth-order valence-corrected chi connectivity index (χ4v) is 1.83. The minimum absolute atomic E-state index is 0.0655. The van der Waals surface area contributed by atoms with Gasteiger partial charge in [0.2, 0.25) is 0 Å². The molecule has 1 aromatic rings. The van der Waals surface area contributed by atoms with Crippen LogP contribution in [0.4, 0.5) is 0 Å². The molecule has 5 nitrogen and oxygen atoms in total. The van der Waals surface area contributed by atoms with E-state index in [0.717, 1.165) is 0 Å². The standard InChI is InChI=1S/C12H14N2O3/c1-14-7-6-10(12(14)16)17-9-5-3-2-4-8(9)11(13)15/h2-5,10H,6-7H2,1H3,(H2,13,15). The van der Waals surface area contributed by atoms with E-state index in [4.69, 9.17) is 10.5 Å². The molecule has 0 saturated carbocycles. The minimum atomic E-state index is -0.556. The van der Waals surface area contributed by atoms with Gasteiger partial charge in [-0.05, 0) is 12.1 Å². The van der Waals surface area contributed by atoms with Crippen LogP contribution in [0.15, 0.2) is 24.3 Å². The highest BCUT2D eigenvalue weighted by molar-refractivity contribution is 5.95. The lowest BCUT2D eigenvalue weighted by Crippen LogP contribution is -2.30. The van der Waals surface area contributed by atoms with Gasteiger partial charge in [-0.2, -0.15) is 0 Å². The maximum Gasteiger partial charge on any atom is 0.263 e. The van der Waals surface area contributed by atoms with Crippen molar-refractivity contribution >= 4 is 11.8 Å². The third-order valence-electron chi connectivity index (χ3n) is 2.80. The molecule has 0 spiro atoms. The van der Waals surface area contributed by atoms with Crippen LogP contribution in [-0.4, -0.2) is 36.4 Å². The number of amides is 2. The predicted octanol–water partition coefficient (Wildman–Crippen LogP) is 0.395. The third-order valence-corrected chi connectivity index (χ3v) is 2.80. The molecule has 1 fully saturated rings. The Bertz CT molecular complexity index is 459. The summed E-state index contributed by atoms with van der Waals surface area (Å²) >= 11 is 0. The molecule has 1 aliphatic rings. The van der Waals surface area contributed by atoms with Crippen LogP contribution in [0.5, 0.6) is 5.75 Å². The molecule has 5 heteroatoms. The molecule has 90 valence electrons. The summed E-state index contributed by atoms with van der Waals surface area (Å²) in [5.41, 5.74) is 5.54. The Balaban J connectivity index is 2.19. The second-order valence-corrected chi connectivity index (χ2v) is 4.02. The first-order chi connectivity index (χ1) is 8.09. The van der Waals surface area contributed by atoms with Gasteiger partial charge in [0.05, 0.1) is 5.56 Å². The van der Waals surface area contributed by atoms with E-state index in [1.54, 1.807) is 36.2 Å². The van der Waals surface area contributed by atoms with E-state index in [9.17, 15) is 9.59 Å². The molecule has 0 aliphatic carbocycles. The first-order valence-electron chi connectivity index (χ1n) is 5.40. The van der Waals surface area contributed by atoms with E-state index in [1.165, 1.54) is 0 Å². The number of rotatable bonds is 3. The lowest BCUT2D eigenvalue weighted by molar-refractivity contribution is -0.132. The molecule has 2 rings (SSSR count). The first kappa shape index (κ1) is 11.4. The average molecular weight is 234 g/mol. The second-order valence-electron chi connectivity index (χ2n) is 4.02. The van der Waals surface area contributed by atoms with Crippen LogP contribution in [-0.2, 0) is 4.79 Å². The molecule has 0 aromatic heterocycles. The Morgan fingerprint density at radius 1 is 1.47 bits per heavy atom. The maximum atomic E-state index is 11.7. The molecule has 0 radical (unpaired) electrons. The number of primary amides is 1. The van der Waals surface area contributed by atoms with Crippen LogP contribution >= 0.6 is 0 Å². The van der Waals surface area contributed by atoms with Crippen LogP contribution in [0.25, 0.3) is 0 Å². The summed E-state index contributed by atoms with van der Waals surface area (Å²) in [4.78, 5) is 24.5. The topological polar surface area (TPSA) is 72.6 Å². The molecule has 1 aromatic carbocycles. The van der Waals surface area contributed by atoms with Crippen molar-refractivity contribution in [1.29, 1.82) is 0 Å². The Morgan fingerprint density at radius 2 is 2.18 bits per heavy atom. The molecule has 2 amide bonds. The van der Waals surface area contributed by atoms with Crippen molar-refractivity contribution in [3.63, 3.8) is 0 Å². The van der Waals surface area contributed by atoms with Crippen molar-refractivity contribution in [3.8, 4) is 5.75 Å². The van der Waals surface area contributed by atoms with Crippen molar-refractivity contribution in [3.05, 3.63) is 29.8 Å². The van der Waals surface area contributed by atoms with Crippen LogP contribution in [0.3, 0.4) is 0 Å². The van der Waals surface area contributed by atoms with Gasteiger partial charge in [0.1, 0.15) is 5.75 Å². The number of nitrogens with zero attached hydrogens (tertiary/aromatic N) is 1. The van der Waals surface area contributed by atoms with Gasteiger partial charge in [-0.1, -0.05) is 12.1 Å². The fourth-order valence-electron chi connectivity index (χ4n) is 1.83. The largest absolute Gasteiger partial charge is 0.480 e. The smallest absolute Gasteiger partial charge is 0.263 e. The highest BCUT2D eigenvalue weighted by atomic mass is 16.5. The lowest BCUT2D eigenvalue weighted by atomic mass is 10.2. The molecule has 1 saturated heterocycles. The third kappa shape index (κ3) is 2.22. The average Bonchev–Trinajstić information content (AvgIpc) is 2.61. The minimum Gasteiger partial charge on any atom is -0.480 e. The predicted molar refractivity (Wildman–Crippen MR) is 61.6 cm³/mol. The van der Waals surface area contributed by atoms with Gasteiger partial charge in [0.25, 0.3) is 11.8 Å². The van der Waals surface area contributed by atoms with Crippen molar-refractivity contribution < 1.29 is 14.3 Å². The fraction of sp³-hybridized carbons (Fsp3) is 0.333. The van der Waals surface area contributed by atoms with Crippen LogP contribution in [0.2, 0.25) is 0 Å². The van der Waals surface area contributed by atoms with Gasteiger partial charge in [-0.25, -0.2) is 0 Å². The van der Waals surface area contributed by atoms with E-state index >= 15 is 0 Å². The molecular formula is C12H14N2O3.